The monoisotopic (exact) mass is 509 g/mol. The summed E-state index contributed by atoms with van der Waals surface area (Å²) in [5.74, 6) is -2.48. The molecule has 180 valence electrons. The van der Waals surface area contributed by atoms with Crippen molar-refractivity contribution in [2.75, 3.05) is 0 Å². The van der Waals surface area contributed by atoms with Gasteiger partial charge in [-0.25, -0.2) is 17.9 Å². The molecule has 1 amide bonds. The van der Waals surface area contributed by atoms with Crippen molar-refractivity contribution < 1.29 is 23.1 Å². The summed E-state index contributed by atoms with van der Waals surface area (Å²) in [6.07, 6.45) is 0.0951. The zero-order chi connectivity index (χ0) is 25.2. The van der Waals surface area contributed by atoms with E-state index in [1.165, 1.54) is 24.3 Å². The Kier molecular flexibility index (Phi) is 6.95. The highest BCUT2D eigenvalue weighted by Crippen LogP contribution is 2.26. The fourth-order valence-corrected chi connectivity index (χ4v) is 5.28. The van der Waals surface area contributed by atoms with Crippen LogP contribution in [0.2, 0.25) is 0 Å². The summed E-state index contributed by atoms with van der Waals surface area (Å²) in [5, 5.41) is 9.32. The minimum Gasteiger partial charge on any atom is -0.478 e. The highest BCUT2D eigenvalue weighted by molar-refractivity contribution is 7.90. The van der Waals surface area contributed by atoms with Crippen LogP contribution in [0.4, 0.5) is 0 Å². The highest BCUT2D eigenvalue weighted by atomic mass is 32.2. The first-order valence-electron chi connectivity index (χ1n) is 10.8. The molecule has 1 unspecified atom stereocenters. The number of aromatic nitrogens is 2. The van der Waals surface area contributed by atoms with Crippen molar-refractivity contribution in [3.8, 4) is 0 Å². The molecule has 10 heteroatoms. The van der Waals surface area contributed by atoms with Gasteiger partial charge in [0.15, 0.2) is 0 Å². The molecule has 0 radical (unpaired) electrons. The minimum atomic E-state index is -4.12. The van der Waals surface area contributed by atoms with Gasteiger partial charge in [0.25, 0.3) is 10.0 Å². The number of nitrogens with zero attached hydrogens (tertiary/aromatic N) is 2. The third-order valence-corrected chi connectivity index (χ3v) is 7.62. The van der Waals surface area contributed by atoms with Gasteiger partial charge in [0.1, 0.15) is 11.0 Å². The highest BCUT2D eigenvalue weighted by Gasteiger charge is 2.27. The lowest BCUT2D eigenvalue weighted by molar-refractivity contribution is -0.120. The number of amides is 1. The van der Waals surface area contributed by atoms with E-state index >= 15 is 0 Å². The molecule has 1 heterocycles. The molecule has 3 aromatic carbocycles. The van der Waals surface area contributed by atoms with Gasteiger partial charge < -0.3 is 5.11 Å². The molecule has 4 rings (SSSR count). The maximum Gasteiger partial charge on any atom is 0.335 e. The Bertz CT molecular complexity index is 1500. The van der Waals surface area contributed by atoms with Gasteiger partial charge in [-0.05, 0) is 65.4 Å². The van der Waals surface area contributed by atoms with E-state index in [4.69, 9.17) is 0 Å². The van der Waals surface area contributed by atoms with Crippen molar-refractivity contribution in [3.63, 3.8) is 0 Å². The van der Waals surface area contributed by atoms with Crippen LogP contribution in [0.1, 0.15) is 52.7 Å². The van der Waals surface area contributed by atoms with Crippen LogP contribution in [-0.2, 0) is 21.2 Å². The molecule has 0 saturated heterocycles. The van der Waals surface area contributed by atoms with Crippen molar-refractivity contribution in [2.45, 2.75) is 37.0 Å². The zero-order valence-corrected chi connectivity index (χ0v) is 20.6. The van der Waals surface area contributed by atoms with Crippen molar-refractivity contribution in [3.05, 3.63) is 89.0 Å². The summed E-state index contributed by atoms with van der Waals surface area (Å²) in [7, 11) is -4.12. The number of hydrogen-bond acceptors (Lipinski definition) is 7. The second kappa shape index (κ2) is 9.93. The van der Waals surface area contributed by atoms with Gasteiger partial charge in [-0.15, -0.1) is 0 Å². The van der Waals surface area contributed by atoms with E-state index in [-0.39, 0.29) is 22.8 Å². The average molecular weight is 510 g/mol. The molecule has 0 aliphatic rings. The van der Waals surface area contributed by atoms with Crippen LogP contribution >= 0.6 is 11.7 Å². The predicted molar refractivity (Wildman–Crippen MR) is 133 cm³/mol. The van der Waals surface area contributed by atoms with E-state index in [0.29, 0.717) is 22.2 Å². The number of nitrogens with one attached hydrogen (secondary N) is 1. The lowest BCUT2D eigenvalue weighted by Gasteiger charge is -2.18. The first-order valence-corrected chi connectivity index (χ1v) is 13.1. The molecular formula is C25H23N3O5S2. The number of carboxylic acid groups (broad SMARTS) is 1. The van der Waals surface area contributed by atoms with Crippen LogP contribution in [0.3, 0.4) is 0 Å². The van der Waals surface area contributed by atoms with Crippen LogP contribution in [0, 0.1) is 0 Å². The molecule has 0 aliphatic heterocycles. The molecule has 0 bridgehead atoms. The second-order valence-electron chi connectivity index (χ2n) is 8.47. The first kappa shape index (κ1) is 24.5. The average Bonchev–Trinajstić information content (AvgIpc) is 3.30. The third-order valence-electron chi connectivity index (χ3n) is 5.70. The molecule has 8 nitrogen and oxygen atoms in total. The SMILES string of the molecule is CC(C)c1ccc(S(=O)(=O)NC(=O)C(Cc2cccc(C(=O)O)c2)c2ccc3nsnc3c2)cc1. The number of sulfonamides is 1. The molecule has 0 spiro atoms. The maximum absolute atomic E-state index is 13.4. The smallest absolute Gasteiger partial charge is 0.335 e. The van der Waals surface area contributed by atoms with E-state index in [9.17, 15) is 23.1 Å². The fourth-order valence-electron chi connectivity index (χ4n) is 3.74. The maximum atomic E-state index is 13.4. The van der Waals surface area contributed by atoms with Crippen molar-refractivity contribution >= 4 is 44.7 Å². The Hall–Kier alpha value is -3.63. The van der Waals surface area contributed by atoms with Crippen molar-refractivity contribution in [1.82, 2.24) is 13.5 Å². The molecule has 0 saturated carbocycles. The molecule has 1 aromatic heterocycles. The fraction of sp³-hybridized carbons (Fsp3) is 0.200. The number of hydrogen-bond donors (Lipinski definition) is 2. The van der Waals surface area contributed by atoms with Gasteiger partial charge in [0.2, 0.25) is 5.91 Å². The quantitative estimate of drug-likeness (QED) is 0.362. The predicted octanol–water partition coefficient (Wildman–Crippen LogP) is 4.34. The summed E-state index contributed by atoms with van der Waals surface area (Å²) < 4.78 is 36.6. The van der Waals surface area contributed by atoms with E-state index in [0.717, 1.165) is 17.3 Å². The number of aromatic carboxylic acids is 1. The first-order chi connectivity index (χ1) is 16.6. The molecule has 2 N–H and O–H groups in total. The Morgan fingerprint density at radius 2 is 1.63 bits per heavy atom. The van der Waals surface area contributed by atoms with Crippen LogP contribution < -0.4 is 4.72 Å². The molecule has 35 heavy (non-hydrogen) atoms. The van der Waals surface area contributed by atoms with Gasteiger partial charge in [-0.1, -0.05) is 44.2 Å². The van der Waals surface area contributed by atoms with Crippen LogP contribution in [0.5, 0.6) is 0 Å². The summed E-state index contributed by atoms with van der Waals surface area (Å²) in [5.41, 5.74) is 3.46. The summed E-state index contributed by atoms with van der Waals surface area (Å²) in [6, 6.07) is 17.8. The number of carbonyl (C=O) groups excluding carboxylic acids is 1. The van der Waals surface area contributed by atoms with Gasteiger partial charge in [-0.2, -0.15) is 8.75 Å². The lowest BCUT2D eigenvalue weighted by Crippen LogP contribution is -2.35. The number of carbonyl (C=O) groups is 2. The summed E-state index contributed by atoms with van der Waals surface area (Å²) in [4.78, 5) is 24.7. The zero-order valence-electron chi connectivity index (χ0n) is 19.0. The van der Waals surface area contributed by atoms with Gasteiger partial charge in [-0.3, -0.25) is 4.79 Å². The van der Waals surface area contributed by atoms with Crippen LogP contribution in [-0.4, -0.2) is 34.1 Å². The molecule has 0 aliphatic carbocycles. The Morgan fingerprint density at radius 1 is 0.943 bits per heavy atom. The van der Waals surface area contributed by atoms with Gasteiger partial charge >= 0.3 is 5.97 Å². The van der Waals surface area contributed by atoms with E-state index < -0.39 is 27.8 Å². The number of carboxylic acids is 1. The van der Waals surface area contributed by atoms with E-state index in [1.807, 2.05) is 13.8 Å². The third kappa shape index (κ3) is 5.55. The molecule has 0 fully saturated rings. The van der Waals surface area contributed by atoms with E-state index in [2.05, 4.69) is 13.5 Å². The lowest BCUT2D eigenvalue weighted by atomic mass is 9.90. The number of fused-ring (bicyclic) bond motifs is 1. The van der Waals surface area contributed by atoms with Crippen LogP contribution in [0.15, 0.2) is 71.6 Å². The Balaban J connectivity index is 1.67. The summed E-state index contributed by atoms with van der Waals surface area (Å²) >= 11 is 1.04. The standard InChI is InChI=1S/C25H23N3O5S2/c1-15(2)17-6-9-20(10-7-17)35(32,33)28-24(29)21(13-16-4-3-5-19(12-16)25(30)31)18-8-11-22-23(14-18)27-34-26-22/h3-12,14-15,21H,13H2,1-2H3,(H,28,29)(H,30,31). The minimum absolute atomic E-state index is 0.0129. The van der Waals surface area contributed by atoms with Crippen LogP contribution in [0.25, 0.3) is 11.0 Å². The second-order valence-corrected chi connectivity index (χ2v) is 10.7. The van der Waals surface area contributed by atoms with Crippen molar-refractivity contribution in [2.24, 2.45) is 0 Å². The number of benzene rings is 3. The Labute approximate surface area is 207 Å². The summed E-state index contributed by atoms with van der Waals surface area (Å²) in [6.45, 7) is 4.01. The molecule has 1 atom stereocenters. The Morgan fingerprint density at radius 3 is 2.31 bits per heavy atom. The molecular weight excluding hydrogens is 486 g/mol. The van der Waals surface area contributed by atoms with Gasteiger partial charge in [0.05, 0.1) is 28.1 Å². The largest absolute Gasteiger partial charge is 0.478 e. The normalized spacial score (nSPS) is 12.5. The number of rotatable bonds is 8. The van der Waals surface area contributed by atoms with Crippen molar-refractivity contribution in [1.29, 1.82) is 0 Å². The topological polar surface area (TPSA) is 126 Å². The van der Waals surface area contributed by atoms with E-state index in [1.54, 1.807) is 42.5 Å². The van der Waals surface area contributed by atoms with Gasteiger partial charge in [0, 0.05) is 0 Å². The molecule has 4 aromatic rings.